The first-order chi connectivity index (χ1) is 4.34. The second-order valence-electron chi connectivity index (χ2n) is 4.23. The lowest BCUT2D eigenvalue weighted by molar-refractivity contribution is 0.251. The van der Waals surface area contributed by atoms with Gasteiger partial charge in [0, 0.05) is 12.6 Å². The Morgan fingerprint density at radius 3 is 1.80 bits per heavy atom. The van der Waals surface area contributed by atoms with E-state index in [4.69, 9.17) is 5.73 Å². The lowest BCUT2D eigenvalue weighted by atomic mass is 9.87. The first kappa shape index (κ1) is 9.92. The van der Waals surface area contributed by atoms with Crippen molar-refractivity contribution < 1.29 is 0 Å². The first-order valence-electron chi connectivity index (χ1n) is 3.74. The summed E-state index contributed by atoms with van der Waals surface area (Å²) in [6.07, 6.45) is 0. The van der Waals surface area contributed by atoms with Crippen LogP contribution in [0.3, 0.4) is 0 Å². The molecule has 0 heterocycles. The summed E-state index contributed by atoms with van der Waals surface area (Å²) in [7, 11) is 4.09. The highest BCUT2D eigenvalue weighted by Crippen LogP contribution is 2.17. The van der Waals surface area contributed by atoms with Crippen molar-refractivity contribution in [2.75, 3.05) is 20.6 Å². The maximum atomic E-state index is 5.91. The Hall–Kier alpha value is -0.0800. The van der Waals surface area contributed by atoms with Crippen LogP contribution in [0.2, 0.25) is 0 Å². The number of hydrogen-bond acceptors (Lipinski definition) is 2. The maximum Gasteiger partial charge on any atom is 0.0216 e. The molecule has 2 heteroatoms. The molecule has 0 saturated heterocycles. The number of hydrogen-bond donors (Lipinski definition) is 1. The fraction of sp³-hybridized carbons (Fsp3) is 1.00. The van der Waals surface area contributed by atoms with Gasteiger partial charge >= 0.3 is 0 Å². The van der Waals surface area contributed by atoms with Crippen molar-refractivity contribution in [2.45, 2.75) is 26.8 Å². The summed E-state index contributed by atoms with van der Waals surface area (Å²) < 4.78 is 0. The molecular weight excluding hydrogens is 124 g/mol. The molecule has 0 amide bonds. The Kier molecular flexibility index (Phi) is 3.33. The molecule has 2 nitrogen and oxygen atoms in total. The topological polar surface area (TPSA) is 29.3 Å². The van der Waals surface area contributed by atoms with Crippen LogP contribution in [0.1, 0.15) is 20.8 Å². The fourth-order valence-corrected chi connectivity index (χ4v) is 0.667. The molecule has 0 aliphatic carbocycles. The third-order valence-electron chi connectivity index (χ3n) is 1.67. The van der Waals surface area contributed by atoms with Gasteiger partial charge in [-0.2, -0.15) is 0 Å². The Bertz CT molecular complexity index is 91.9. The van der Waals surface area contributed by atoms with Crippen LogP contribution < -0.4 is 5.73 Å². The van der Waals surface area contributed by atoms with Gasteiger partial charge in [0.25, 0.3) is 0 Å². The van der Waals surface area contributed by atoms with Crippen molar-refractivity contribution in [3.63, 3.8) is 0 Å². The summed E-state index contributed by atoms with van der Waals surface area (Å²) in [6.45, 7) is 7.47. The molecule has 62 valence electrons. The van der Waals surface area contributed by atoms with E-state index < -0.39 is 0 Å². The average Bonchev–Trinajstić information content (AvgIpc) is 1.60. The van der Waals surface area contributed by atoms with Gasteiger partial charge in [-0.15, -0.1) is 0 Å². The quantitative estimate of drug-likeness (QED) is 0.624. The predicted octanol–water partition coefficient (Wildman–Crippen LogP) is 0.921. The van der Waals surface area contributed by atoms with Crippen LogP contribution in [-0.4, -0.2) is 31.6 Å². The lowest BCUT2D eigenvalue weighted by Gasteiger charge is -2.29. The average molecular weight is 144 g/mol. The minimum absolute atomic E-state index is 0.226. The van der Waals surface area contributed by atoms with Crippen LogP contribution in [0.25, 0.3) is 0 Å². The van der Waals surface area contributed by atoms with Crippen molar-refractivity contribution in [1.82, 2.24) is 4.90 Å². The van der Waals surface area contributed by atoms with Crippen LogP contribution in [-0.2, 0) is 0 Å². The number of rotatable bonds is 2. The van der Waals surface area contributed by atoms with Gasteiger partial charge in [-0.3, -0.25) is 0 Å². The van der Waals surface area contributed by atoms with E-state index >= 15 is 0 Å². The molecule has 1 atom stereocenters. The normalized spacial score (nSPS) is 15.9. The Balaban J connectivity index is 3.73. The summed E-state index contributed by atoms with van der Waals surface area (Å²) in [6, 6.07) is 0.266. The molecule has 0 spiro atoms. The zero-order valence-corrected chi connectivity index (χ0v) is 7.81. The smallest absolute Gasteiger partial charge is 0.0216 e. The van der Waals surface area contributed by atoms with Crippen LogP contribution in [0, 0.1) is 5.41 Å². The third-order valence-corrected chi connectivity index (χ3v) is 1.67. The Morgan fingerprint density at radius 1 is 1.30 bits per heavy atom. The standard InChI is InChI=1S/C8H20N2/c1-8(2,3)7(9)6-10(4)5/h7H,6,9H2,1-5H3. The highest BCUT2D eigenvalue weighted by atomic mass is 15.1. The van der Waals surface area contributed by atoms with Gasteiger partial charge in [0.05, 0.1) is 0 Å². The van der Waals surface area contributed by atoms with Gasteiger partial charge < -0.3 is 10.6 Å². The summed E-state index contributed by atoms with van der Waals surface area (Å²) in [4.78, 5) is 2.12. The van der Waals surface area contributed by atoms with Crippen LogP contribution in [0.4, 0.5) is 0 Å². The molecule has 0 fully saturated rings. The molecular formula is C8H20N2. The minimum Gasteiger partial charge on any atom is -0.326 e. The molecule has 10 heavy (non-hydrogen) atoms. The zero-order chi connectivity index (χ0) is 8.36. The monoisotopic (exact) mass is 144 g/mol. The van der Waals surface area contributed by atoms with E-state index in [-0.39, 0.29) is 11.5 Å². The van der Waals surface area contributed by atoms with Gasteiger partial charge in [0.2, 0.25) is 0 Å². The summed E-state index contributed by atoms with van der Waals surface area (Å²) in [5.41, 5.74) is 6.14. The van der Waals surface area contributed by atoms with Gasteiger partial charge in [-0.1, -0.05) is 20.8 Å². The van der Waals surface area contributed by atoms with Crippen LogP contribution >= 0.6 is 0 Å². The van der Waals surface area contributed by atoms with Gasteiger partial charge in [-0.25, -0.2) is 0 Å². The molecule has 0 radical (unpaired) electrons. The number of nitrogens with zero attached hydrogens (tertiary/aromatic N) is 1. The lowest BCUT2D eigenvalue weighted by Crippen LogP contribution is -2.43. The summed E-state index contributed by atoms with van der Waals surface area (Å²) in [5, 5.41) is 0. The maximum absolute atomic E-state index is 5.91. The van der Waals surface area contributed by atoms with Crippen molar-refractivity contribution in [3.8, 4) is 0 Å². The molecule has 0 bridgehead atoms. The SMILES string of the molecule is CN(C)CC(N)C(C)(C)C. The molecule has 0 aliphatic rings. The van der Waals surface area contributed by atoms with Gasteiger partial charge in [0.1, 0.15) is 0 Å². The van der Waals surface area contributed by atoms with Crippen molar-refractivity contribution in [3.05, 3.63) is 0 Å². The third kappa shape index (κ3) is 3.85. The number of nitrogens with two attached hydrogens (primary N) is 1. The van der Waals surface area contributed by atoms with Gasteiger partial charge in [-0.05, 0) is 19.5 Å². The highest BCUT2D eigenvalue weighted by molar-refractivity contribution is 4.78. The molecule has 0 saturated carbocycles. The number of likely N-dealkylation sites (N-methyl/N-ethyl adjacent to an activating group) is 1. The van der Waals surface area contributed by atoms with Gasteiger partial charge in [0.15, 0.2) is 0 Å². The van der Waals surface area contributed by atoms with Crippen molar-refractivity contribution in [2.24, 2.45) is 11.1 Å². The molecule has 0 aromatic heterocycles. The predicted molar refractivity (Wildman–Crippen MR) is 46.0 cm³/mol. The Labute approximate surface area is 64.4 Å². The molecule has 0 aromatic rings. The van der Waals surface area contributed by atoms with Crippen molar-refractivity contribution in [1.29, 1.82) is 0 Å². The molecule has 0 aliphatic heterocycles. The largest absolute Gasteiger partial charge is 0.326 e. The van der Waals surface area contributed by atoms with E-state index in [1.54, 1.807) is 0 Å². The Morgan fingerprint density at radius 2 is 1.70 bits per heavy atom. The highest BCUT2D eigenvalue weighted by Gasteiger charge is 2.20. The van der Waals surface area contributed by atoms with Crippen LogP contribution in [0.15, 0.2) is 0 Å². The van der Waals surface area contributed by atoms with Crippen molar-refractivity contribution >= 4 is 0 Å². The molecule has 0 aromatic carbocycles. The van der Waals surface area contributed by atoms with Crippen LogP contribution in [0.5, 0.6) is 0 Å². The zero-order valence-electron chi connectivity index (χ0n) is 7.81. The van der Waals surface area contributed by atoms with E-state index in [1.165, 1.54) is 0 Å². The molecule has 1 unspecified atom stereocenters. The summed E-state index contributed by atoms with van der Waals surface area (Å²) in [5.74, 6) is 0. The fourth-order valence-electron chi connectivity index (χ4n) is 0.667. The van der Waals surface area contributed by atoms with E-state index in [9.17, 15) is 0 Å². The van der Waals surface area contributed by atoms with E-state index in [0.29, 0.717) is 0 Å². The minimum atomic E-state index is 0.226. The van der Waals surface area contributed by atoms with E-state index in [1.807, 2.05) is 14.1 Å². The van der Waals surface area contributed by atoms with E-state index in [2.05, 4.69) is 25.7 Å². The summed E-state index contributed by atoms with van der Waals surface area (Å²) >= 11 is 0. The second kappa shape index (κ2) is 3.35. The molecule has 0 rings (SSSR count). The molecule has 2 N–H and O–H groups in total. The second-order valence-corrected chi connectivity index (χ2v) is 4.23. The van der Waals surface area contributed by atoms with E-state index in [0.717, 1.165) is 6.54 Å². The first-order valence-corrected chi connectivity index (χ1v) is 3.74.